The summed E-state index contributed by atoms with van der Waals surface area (Å²) < 4.78 is 5.39. The Labute approximate surface area is 163 Å². The molecule has 3 aromatic rings. The van der Waals surface area contributed by atoms with E-state index in [0.717, 1.165) is 16.3 Å². The summed E-state index contributed by atoms with van der Waals surface area (Å²) in [6, 6.07) is 20.8. The van der Waals surface area contributed by atoms with Crippen molar-refractivity contribution >= 4 is 34.5 Å². The van der Waals surface area contributed by atoms with E-state index in [1.54, 1.807) is 25.5 Å². The first-order valence-electron chi connectivity index (χ1n) is 8.90. The average Bonchev–Trinajstić information content (AvgIpc) is 2.73. The highest BCUT2D eigenvalue weighted by Crippen LogP contribution is 2.26. The van der Waals surface area contributed by atoms with E-state index in [1.165, 1.54) is 0 Å². The highest BCUT2D eigenvalue weighted by molar-refractivity contribution is 6.02. The van der Waals surface area contributed by atoms with Crippen LogP contribution in [0.25, 0.3) is 10.8 Å². The normalized spacial score (nSPS) is 10.8. The zero-order valence-corrected chi connectivity index (χ0v) is 15.5. The van der Waals surface area contributed by atoms with Crippen molar-refractivity contribution in [1.29, 1.82) is 0 Å². The lowest BCUT2D eigenvalue weighted by Gasteiger charge is -2.08. The highest BCUT2D eigenvalue weighted by atomic mass is 16.5. The first-order chi connectivity index (χ1) is 13.7. The molecule has 0 heterocycles. The van der Waals surface area contributed by atoms with Crippen molar-refractivity contribution in [2.45, 2.75) is 12.8 Å². The molecule has 0 radical (unpaired) electrons. The topological polar surface area (TPSA) is 79.8 Å². The molecule has 0 bridgehead atoms. The number of nitrogens with one attached hydrogen (secondary N) is 2. The van der Waals surface area contributed by atoms with Gasteiger partial charge in [-0.2, -0.15) is 5.10 Å². The first-order valence-corrected chi connectivity index (χ1v) is 8.90. The van der Waals surface area contributed by atoms with E-state index in [2.05, 4.69) is 15.8 Å². The molecular formula is C22H21N3O3. The second kappa shape index (κ2) is 9.32. The number of carbonyl (C=O) groups is 2. The van der Waals surface area contributed by atoms with Gasteiger partial charge in [-0.05, 0) is 29.0 Å². The molecule has 3 rings (SSSR count). The number of anilines is 1. The van der Waals surface area contributed by atoms with E-state index in [9.17, 15) is 9.59 Å². The van der Waals surface area contributed by atoms with E-state index >= 15 is 0 Å². The molecule has 0 fully saturated rings. The summed E-state index contributed by atoms with van der Waals surface area (Å²) >= 11 is 0. The molecule has 0 aliphatic carbocycles. The summed E-state index contributed by atoms with van der Waals surface area (Å²) in [4.78, 5) is 23.9. The molecule has 6 heteroatoms. The minimum atomic E-state index is -0.335. The Morgan fingerprint density at radius 1 is 0.929 bits per heavy atom. The number of carbonyl (C=O) groups excluding carboxylic acids is 2. The number of hydrogen-bond donors (Lipinski definition) is 2. The third-order valence-electron chi connectivity index (χ3n) is 4.17. The molecular weight excluding hydrogens is 354 g/mol. The van der Waals surface area contributed by atoms with Crippen molar-refractivity contribution in [3.63, 3.8) is 0 Å². The maximum atomic E-state index is 12.0. The summed E-state index contributed by atoms with van der Waals surface area (Å²) in [7, 11) is 1.59. The average molecular weight is 375 g/mol. The molecule has 0 aliphatic heterocycles. The van der Waals surface area contributed by atoms with E-state index in [0.29, 0.717) is 11.4 Å². The molecule has 2 amide bonds. The minimum Gasteiger partial charge on any atom is -0.496 e. The van der Waals surface area contributed by atoms with Gasteiger partial charge in [-0.25, -0.2) is 5.43 Å². The molecule has 0 unspecified atom stereocenters. The van der Waals surface area contributed by atoms with Gasteiger partial charge in [-0.3, -0.25) is 9.59 Å². The first kappa shape index (κ1) is 19.1. The van der Waals surface area contributed by atoms with Crippen LogP contribution in [0.5, 0.6) is 5.75 Å². The van der Waals surface area contributed by atoms with Crippen LogP contribution in [0.2, 0.25) is 0 Å². The lowest BCUT2D eigenvalue weighted by atomic mass is 10.0. The van der Waals surface area contributed by atoms with Gasteiger partial charge in [-0.15, -0.1) is 0 Å². The van der Waals surface area contributed by atoms with E-state index in [1.807, 2.05) is 54.6 Å². The Morgan fingerprint density at radius 2 is 1.64 bits per heavy atom. The summed E-state index contributed by atoms with van der Waals surface area (Å²) in [5, 5.41) is 8.79. The van der Waals surface area contributed by atoms with Crippen LogP contribution >= 0.6 is 0 Å². The van der Waals surface area contributed by atoms with Crippen LogP contribution in [0.1, 0.15) is 18.4 Å². The Hall–Kier alpha value is -3.67. The molecule has 0 saturated heterocycles. The number of para-hydroxylation sites is 1. The summed E-state index contributed by atoms with van der Waals surface area (Å²) in [6.07, 6.45) is 1.68. The van der Waals surface area contributed by atoms with Gasteiger partial charge in [-0.1, -0.05) is 48.5 Å². The van der Waals surface area contributed by atoms with Crippen molar-refractivity contribution in [3.8, 4) is 5.75 Å². The Bertz CT molecular complexity index is 1000. The third kappa shape index (κ3) is 4.94. The second-order valence-corrected chi connectivity index (χ2v) is 6.11. The third-order valence-corrected chi connectivity index (χ3v) is 4.17. The van der Waals surface area contributed by atoms with Crippen LogP contribution in [-0.2, 0) is 9.59 Å². The zero-order valence-electron chi connectivity index (χ0n) is 15.5. The predicted octanol–water partition coefficient (Wildman–Crippen LogP) is 3.72. The molecule has 2 N–H and O–H groups in total. The molecule has 0 atom stereocenters. The van der Waals surface area contributed by atoms with Crippen LogP contribution in [0.3, 0.4) is 0 Å². The standard InChI is InChI=1S/C22H21N3O3/c1-28-20-12-11-16-7-5-6-10-18(16)19(20)15-23-25-22(27)14-13-21(26)24-17-8-3-2-4-9-17/h2-12,15H,13-14H2,1H3,(H,24,26)(H,25,27)/b23-15+. The number of ether oxygens (including phenoxy) is 1. The number of rotatable bonds is 7. The van der Waals surface area contributed by atoms with Crippen molar-refractivity contribution < 1.29 is 14.3 Å². The van der Waals surface area contributed by atoms with Crippen molar-refractivity contribution in [2.75, 3.05) is 12.4 Å². The largest absolute Gasteiger partial charge is 0.496 e. The molecule has 6 nitrogen and oxygen atoms in total. The second-order valence-electron chi connectivity index (χ2n) is 6.11. The summed E-state index contributed by atoms with van der Waals surface area (Å²) in [5.74, 6) is 0.110. The van der Waals surface area contributed by atoms with Crippen LogP contribution in [-0.4, -0.2) is 25.1 Å². The number of amides is 2. The van der Waals surface area contributed by atoms with Gasteiger partial charge in [0.2, 0.25) is 11.8 Å². The SMILES string of the molecule is COc1ccc2ccccc2c1/C=N/NC(=O)CCC(=O)Nc1ccccc1. The van der Waals surface area contributed by atoms with Gasteiger partial charge in [0.25, 0.3) is 0 Å². The smallest absolute Gasteiger partial charge is 0.240 e. The van der Waals surface area contributed by atoms with Crippen molar-refractivity contribution in [2.24, 2.45) is 5.10 Å². The Kier molecular flexibility index (Phi) is 6.36. The summed E-state index contributed by atoms with van der Waals surface area (Å²) in [5.41, 5.74) is 3.94. The summed E-state index contributed by atoms with van der Waals surface area (Å²) in [6.45, 7) is 0. The van der Waals surface area contributed by atoms with Crippen LogP contribution < -0.4 is 15.5 Å². The lowest BCUT2D eigenvalue weighted by molar-refractivity contribution is -0.124. The highest BCUT2D eigenvalue weighted by Gasteiger charge is 2.08. The maximum Gasteiger partial charge on any atom is 0.240 e. The quantitative estimate of drug-likeness (QED) is 0.488. The molecule has 0 saturated carbocycles. The fraction of sp³-hybridized carbons (Fsp3) is 0.136. The van der Waals surface area contributed by atoms with Gasteiger partial charge in [0, 0.05) is 24.1 Å². The van der Waals surface area contributed by atoms with Gasteiger partial charge in [0.1, 0.15) is 5.75 Å². The predicted molar refractivity (Wildman–Crippen MR) is 111 cm³/mol. The molecule has 28 heavy (non-hydrogen) atoms. The van der Waals surface area contributed by atoms with Crippen LogP contribution in [0.4, 0.5) is 5.69 Å². The number of methoxy groups -OCH3 is 1. The molecule has 142 valence electrons. The van der Waals surface area contributed by atoms with Crippen LogP contribution in [0, 0.1) is 0 Å². The number of fused-ring (bicyclic) bond motifs is 1. The van der Waals surface area contributed by atoms with Gasteiger partial charge < -0.3 is 10.1 Å². The molecule has 3 aromatic carbocycles. The maximum absolute atomic E-state index is 12.0. The molecule has 0 aliphatic rings. The number of nitrogens with zero attached hydrogens (tertiary/aromatic N) is 1. The fourth-order valence-electron chi connectivity index (χ4n) is 2.78. The number of hydrazone groups is 1. The van der Waals surface area contributed by atoms with E-state index in [4.69, 9.17) is 4.74 Å². The van der Waals surface area contributed by atoms with Gasteiger partial charge in [0.15, 0.2) is 0 Å². The monoisotopic (exact) mass is 375 g/mol. The van der Waals surface area contributed by atoms with Gasteiger partial charge in [0.05, 0.1) is 13.3 Å². The van der Waals surface area contributed by atoms with Crippen molar-refractivity contribution in [3.05, 3.63) is 72.3 Å². The zero-order chi connectivity index (χ0) is 19.8. The Balaban J connectivity index is 1.57. The molecule has 0 aromatic heterocycles. The number of hydrogen-bond acceptors (Lipinski definition) is 4. The van der Waals surface area contributed by atoms with E-state index < -0.39 is 0 Å². The van der Waals surface area contributed by atoms with Crippen LogP contribution in [0.15, 0.2) is 71.8 Å². The fourth-order valence-corrected chi connectivity index (χ4v) is 2.78. The Morgan fingerprint density at radius 3 is 2.43 bits per heavy atom. The minimum absolute atomic E-state index is 0.0443. The van der Waals surface area contributed by atoms with E-state index in [-0.39, 0.29) is 24.7 Å². The number of benzene rings is 3. The molecule has 0 spiro atoms. The lowest BCUT2D eigenvalue weighted by Crippen LogP contribution is -2.20. The van der Waals surface area contributed by atoms with Crippen molar-refractivity contribution in [1.82, 2.24) is 5.43 Å². The van der Waals surface area contributed by atoms with Gasteiger partial charge >= 0.3 is 0 Å².